The molecule has 0 rings (SSSR count). The summed E-state index contributed by atoms with van der Waals surface area (Å²) in [5.74, 6) is -6.99. The van der Waals surface area contributed by atoms with Gasteiger partial charge in [0.05, 0.1) is 10.0 Å². The van der Waals surface area contributed by atoms with E-state index in [2.05, 4.69) is 0 Å². The zero-order valence-corrected chi connectivity index (χ0v) is 9.68. The Kier molecular flexibility index (Phi) is 4.05. The Morgan fingerprint density at radius 3 is 1.39 bits per heavy atom. The number of hydrogen-bond acceptors (Lipinski definition) is 4. The number of alkyl halides is 7. The van der Waals surface area contributed by atoms with Crippen LogP contribution in [0.3, 0.4) is 0 Å². The van der Waals surface area contributed by atoms with Gasteiger partial charge in [-0.3, -0.25) is 0 Å². The summed E-state index contributed by atoms with van der Waals surface area (Å²) in [7, 11) is -12.0. The van der Waals surface area contributed by atoms with Gasteiger partial charge in [-0.25, -0.2) is 16.8 Å². The lowest BCUT2D eigenvalue weighted by atomic mass is 10.3. The Balaban J connectivity index is 5.82. The van der Waals surface area contributed by atoms with Gasteiger partial charge in [-0.1, -0.05) is 0 Å². The summed E-state index contributed by atoms with van der Waals surface area (Å²) < 4.78 is 127. The van der Waals surface area contributed by atoms with E-state index in [1.807, 2.05) is 0 Å². The zero-order chi connectivity index (χ0) is 15.2. The molecule has 14 heteroatoms. The molecule has 0 aromatic heterocycles. The van der Waals surface area contributed by atoms with Crippen molar-refractivity contribution in [1.29, 1.82) is 0 Å². The van der Waals surface area contributed by atoms with Crippen LogP contribution < -0.4 is 0 Å². The van der Waals surface area contributed by atoms with Crippen molar-refractivity contribution in [3.8, 4) is 0 Å². The summed E-state index contributed by atoms with van der Waals surface area (Å²) >= 11 is 0. The van der Waals surface area contributed by atoms with Crippen molar-refractivity contribution >= 4 is 20.0 Å². The third-order valence-corrected chi connectivity index (χ3v) is 4.05. The molecule has 0 aromatic rings. The van der Waals surface area contributed by atoms with Crippen molar-refractivity contribution < 1.29 is 47.6 Å². The highest BCUT2D eigenvalue weighted by Crippen LogP contribution is 2.50. The SMILES string of the molecule is CS(=O)(=O)[N-]S(=O)(=O)C(F)(F)C(F)(F)C(F)(F)F. The van der Waals surface area contributed by atoms with E-state index in [1.54, 1.807) is 0 Å². The molecule has 0 amide bonds. The van der Waals surface area contributed by atoms with Gasteiger partial charge in [-0.15, -0.1) is 0 Å². The molecule has 110 valence electrons. The van der Waals surface area contributed by atoms with E-state index in [0.29, 0.717) is 0 Å². The van der Waals surface area contributed by atoms with Gasteiger partial charge >= 0.3 is 17.4 Å². The van der Waals surface area contributed by atoms with Crippen LogP contribution in [-0.4, -0.2) is 40.4 Å². The maximum absolute atomic E-state index is 12.6. The first-order chi connectivity index (χ1) is 7.46. The third-order valence-electron chi connectivity index (χ3n) is 1.28. The van der Waals surface area contributed by atoms with E-state index in [9.17, 15) is 47.6 Å². The van der Waals surface area contributed by atoms with Crippen molar-refractivity contribution in [2.45, 2.75) is 17.4 Å². The normalized spacial score (nSPS) is 15.8. The predicted octanol–water partition coefficient (Wildman–Crippen LogP) is 1.44. The van der Waals surface area contributed by atoms with Crippen LogP contribution in [0, 0.1) is 0 Å². The Labute approximate surface area is 96.1 Å². The molecule has 0 heterocycles. The van der Waals surface area contributed by atoms with Crippen molar-refractivity contribution in [2.24, 2.45) is 0 Å². The lowest BCUT2D eigenvalue weighted by Gasteiger charge is -2.32. The summed E-state index contributed by atoms with van der Waals surface area (Å²) in [6.07, 6.45) is -6.98. The fourth-order valence-electron chi connectivity index (χ4n) is 0.552. The van der Waals surface area contributed by atoms with E-state index >= 15 is 0 Å². The summed E-state index contributed by atoms with van der Waals surface area (Å²) in [6, 6.07) is 0. The molecule has 0 saturated carbocycles. The summed E-state index contributed by atoms with van der Waals surface area (Å²) in [6.45, 7) is 0. The van der Waals surface area contributed by atoms with Crippen LogP contribution in [0.1, 0.15) is 0 Å². The van der Waals surface area contributed by atoms with E-state index < -0.39 is 37.4 Å². The fourth-order valence-corrected chi connectivity index (χ4v) is 2.79. The average molecular weight is 326 g/mol. The van der Waals surface area contributed by atoms with Crippen LogP contribution in [0.2, 0.25) is 0 Å². The Morgan fingerprint density at radius 2 is 1.17 bits per heavy atom. The average Bonchev–Trinajstić information content (AvgIpc) is 1.95. The second-order valence-electron chi connectivity index (χ2n) is 2.87. The third kappa shape index (κ3) is 3.03. The second-order valence-corrected chi connectivity index (χ2v) is 6.40. The van der Waals surface area contributed by atoms with E-state index in [1.165, 1.54) is 4.13 Å². The van der Waals surface area contributed by atoms with Crippen molar-refractivity contribution in [3.05, 3.63) is 4.13 Å². The van der Waals surface area contributed by atoms with Crippen LogP contribution >= 0.6 is 0 Å². The molecule has 0 unspecified atom stereocenters. The first-order valence-corrected chi connectivity index (χ1v) is 6.76. The molecule has 0 radical (unpaired) electrons. The molecule has 18 heavy (non-hydrogen) atoms. The molecule has 0 N–H and O–H groups in total. The standard InChI is InChI=1S/C4H3F7NO4S2/c1-17(13,14)12-18(15,16)4(10,11)2(5,6)3(7,8)9/h1H3/q-1. The molecule has 0 aliphatic heterocycles. The lowest BCUT2D eigenvalue weighted by molar-refractivity contribution is -0.331. The lowest BCUT2D eigenvalue weighted by Crippen LogP contribution is -2.55. The largest absolute Gasteiger partial charge is 0.461 e. The van der Waals surface area contributed by atoms with Crippen molar-refractivity contribution in [1.82, 2.24) is 0 Å². The minimum absolute atomic E-state index is 0.0770. The van der Waals surface area contributed by atoms with Crippen LogP contribution in [0.15, 0.2) is 0 Å². The first kappa shape index (κ1) is 17.4. The number of rotatable bonds is 4. The Morgan fingerprint density at radius 1 is 0.833 bits per heavy atom. The molecule has 0 spiro atoms. The van der Waals surface area contributed by atoms with Gasteiger partial charge in [0.15, 0.2) is 10.0 Å². The van der Waals surface area contributed by atoms with Gasteiger partial charge < -0.3 is 4.13 Å². The molecule has 0 fully saturated rings. The van der Waals surface area contributed by atoms with Gasteiger partial charge in [-0.05, 0) is 0 Å². The monoisotopic (exact) mass is 326 g/mol. The van der Waals surface area contributed by atoms with Gasteiger partial charge in [0.1, 0.15) is 0 Å². The minimum Gasteiger partial charge on any atom is -0.431 e. The van der Waals surface area contributed by atoms with Crippen LogP contribution in [-0.2, 0) is 20.0 Å². The van der Waals surface area contributed by atoms with Crippen molar-refractivity contribution in [2.75, 3.05) is 6.26 Å². The molecule has 0 aliphatic carbocycles. The number of halogens is 7. The van der Waals surface area contributed by atoms with Crippen LogP contribution in [0.5, 0.6) is 0 Å². The highest BCUT2D eigenvalue weighted by Gasteiger charge is 2.76. The van der Waals surface area contributed by atoms with Gasteiger partial charge in [0.25, 0.3) is 0 Å². The van der Waals surface area contributed by atoms with E-state index in [-0.39, 0.29) is 6.26 Å². The summed E-state index contributed by atoms with van der Waals surface area (Å²) in [4.78, 5) is 0. The zero-order valence-electron chi connectivity index (χ0n) is 8.04. The maximum atomic E-state index is 12.6. The van der Waals surface area contributed by atoms with Crippen molar-refractivity contribution in [3.63, 3.8) is 0 Å². The van der Waals surface area contributed by atoms with Gasteiger partial charge in [-0.2, -0.15) is 30.7 Å². The fraction of sp³-hybridized carbons (Fsp3) is 1.00. The molecular formula is C4H3F7NO4S2-. The highest BCUT2D eigenvalue weighted by molar-refractivity contribution is 8.12. The smallest absolute Gasteiger partial charge is 0.431 e. The predicted molar refractivity (Wildman–Crippen MR) is 43.1 cm³/mol. The number of hydrogen-bond donors (Lipinski definition) is 0. The topological polar surface area (TPSA) is 82.4 Å². The maximum Gasteiger partial charge on any atom is 0.461 e. The Hall–Kier alpha value is -0.630. The summed E-state index contributed by atoms with van der Waals surface area (Å²) in [5, 5.41) is -6.75. The quantitative estimate of drug-likeness (QED) is 0.732. The summed E-state index contributed by atoms with van der Waals surface area (Å²) in [5.41, 5.74) is 0. The second kappa shape index (κ2) is 4.19. The van der Waals surface area contributed by atoms with Crippen LogP contribution in [0.4, 0.5) is 30.7 Å². The molecule has 0 aromatic carbocycles. The van der Waals surface area contributed by atoms with Gasteiger partial charge in [0.2, 0.25) is 0 Å². The molecule has 0 aliphatic rings. The first-order valence-electron chi connectivity index (χ1n) is 3.47. The molecule has 0 atom stereocenters. The number of sulfonamides is 2. The minimum atomic E-state index is -6.99. The molecule has 0 saturated heterocycles. The molecule has 5 nitrogen and oxygen atoms in total. The Bertz CT molecular complexity index is 518. The van der Waals surface area contributed by atoms with Crippen LogP contribution in [0.25, 0.3) is 4.13 Å². The van der Waals surface area contributed by atoms with Gasteiger partial charge in [0, 0.05) is 6.26 Å². The highest BCUT2D eigenvalue weighted by atomic mass is 32.3. The molecule has 0 bridgehead atoms. The van der Waals surface area contributed by atoms with E-state index in [0.717, 1.165) is 0 Å². The number of nitrogens with zero attached hydrogens (tertiary/aromatic N) is 1. The van der Waals surface area contributed by atoms with E-state index in [4.69, 9.17) is 0 Å². The molecular weight excluding hydrogens is 323 g/mol.